The summed E-state index contributed by atoms with van der Waals surface area (Å²) in [5.74, 6) is 0.518. The Hall–Kier alpha value is -2.80. The van der Waals surface area contributed by atoms with E-state index in [0.29, 0.717) is 17.2 Å². The molecule has 0 unspecified atom stereocenters. The summed E-state index contributed by atoms with van der Waals surface area (Å²) in [7, 11) is 3.10. The molecule has 0 fully saturated rings. The number of rotatable bonds is 7. The summed E-state index contributed by atoms with van der Waals surface area (Å²) in [6.07, 6.45) is 2.99. The third kappa shape index (κ3) is 6.14. The predicted octanol–water partition coefficient (Wildman–Crippen LogP) is 3.54. The van der Waals surface area contributed by atoms with Crippen LogP contribution < -0.4 is 20.1 Å². The number of carbonyl (C=O) groups excluding carboxylic acids is 2. The average Bonchev–Trinajstić information content (AvgIpc) is 2.66. The van der Waals surface area contributed by atoms with Crippen LogP contribution in [0.4, 0.5) is 5.69 Å². The Bertz CT molecular complexity index is 865. The summed E-state index contributed by atoms with van der Waals surface area (Å²) in [6, 6.07) is 10.9. The molecule has 0 radical (unpaired) electrons. The maximum absolute atomic E-state index is 12.0. The Kier molecular flexibility index (Phi) is 7.43. The summed E-state index contributed by atoms with van der Waals surface area (Å²) < 4.78 is 11.3. The molecule has 2 rings (SSSR count). The molecule has 27 heavy (non-hydrogen) atoms. The second kappa shape index (κ2) is 9.78. The van der Waals surface area contributed by atoms with Gasteiger partial charge in [-0.1, -0.05) is 22.0 Å². The van der Waals surface area contributed by atoms with Crippen LogP contribution in [0.25, 0.3) is 6.08 Å². The zero-order chi connectivity index (χ0) is 19.8. The molecule has 0 bridgehead atoms. The number of aryl methyl sites for hydroxylation is 1. The average molecular weight is 433 g/mol. The molecule has 0 aliphatic rings. The molecular formula is C20H21BrN2O4. The molecule has 2 N–H and O–H groups in total. The maximum atomic E-state index is 12.0. The quantitative estimate of drug-likeness (QED) is 0.655. The van der Waals surface area contributed by atoms with Gasteiger partial charge in [0.05, 0.1) is 20.8 Å². The Morgan fingerprint density at radius 1 is 1.07 bits per heavy atom. The lowest BCUT2D eigenvalue weighted by molar-refractivity contribution is -0.121. The van der Waals surface area contributed by atoms with E-state index in [0.717, 1.165) is 15.6 Å². The lowest BCUT2D eigenvalue weighted by Gasteiger charge is -2.09. The fraction of sp³-hybridized carbons (Fsp3) is 0.200. The van der Waals surface area contributed by atoms with Crippen molar-refractivity contribution >= 4 is 39.5 Å². The molecule has 7 heteroatoms. The molecule has 2 amide bonds. The van der Waals surface area contributed by atoms with Gasteiger partial charge in [-0.2, -0.15) is 0 Å². The van der Waals surface area contributed by atoms with E-state index < -0.39 is 0 Å². The highest BCUT2D eigenvalue weighted by Crippen LogP contribution is 2.27. The number of anilines is 1. The van der Waals surface area contributed by atoms with Crippen LogP contribution in [0.5, 0.6) is 11.5 Å². The van der Waals surface area contributed by atoms with Crippen molar-refractivity contribution in [2.75, 3.05) is 26.1 Å². The van der Waals surface area contributed by atoms with Crippen LogP contribution in [0.2, 0.25) is 0 Å². The highest BCUT2D eigenvalue weighted by molar-refractivity contribution is 9.10. The second-order valence-electron chi connectivity index (χ2n) is 5.67. The number of hydrogen-bond donors (Lipinski definition) is 2. The number of nitrogens with one attached hydrogen (secondary N) is 2. The summed E-state index contributed by atoms with van der Waals surface area (Å²) in [6.45, 7) is 1.77. The molecule has 142 valence electrons. The third-order valence-electron chi connectivity index (χ3n) is 3.72. The van der Waals surface area contributed by atoms with Crippen LogP contribution in [0.15, 0.2) is 46.9 Å². The standard InChI is InChI=1S/C20H21BrN2O4/c1-13-10-15(21)6-7-16(13)23-20(25)12-22-19(24)9-5-14-4-8-17(26-2)18(11-14)27-3/h4-11H,12H2,1-3H3,(H,22,24)(H,23,25)/b9-5+. The molecule has 0 saturated heterocycles. The minimum Gasteiger partial charge on any atom is -0.493 e. The fourth-order valence-electron chi connectivity index (χ4n) is 2.32. The number of hydrogen-bond acceptors (Lipinski definition) is 4. The zero-order valence-electron chi connectivity index (χ0n) is 15.3. The van der Waals surface area contributed by atoms with Crippen LogP contribution >= 0.6 is 15.9 Å². The van der Waals surface area contributed by atoms with Crippen LogP contribution in [-0.4, -0.2) is 32.6 Å². The van der Waals surface area contributed by atoms with E-state index in [1.165, 1.54) is 6.08 Å². The van der Waals surface area contributed by atoms with Crippen LogP contribution in [0.1, 0.15) is 11.1 Å². The second-order valence-corrected chi connectivity index (χ2v) is 6.59. The van der Waals surface area contributed by atoms with Crippen LogP contribution in [-0.2, 0) is 9.59 Å². The SMILES string of the molecule is COc1ccc(/C=C/C(=O)NCC(=O)Nc2ccc(Br)cc2C)cc1OC. The number of ether oxygens (including phenoxy) is 2. The van der Waals surface area contributed by atoms with E-state index in [9.17, 15) is 9.59 Å². The Morgan fingerprint density at radius 2 is 1.81 bits per heavy atom. The molecule has 0 heterocycles. The van der Waals surface area contributed by atoms with Crippen molar-refractivity contribution in [2.24, 2.45) is 0 Å². The van der Waals surface area contributed by atoms with E-state index in [-0.39, 0.29) is 18.4 Å². The van der Waals surface area contributed by atoms with Crippen LogP contribution in [0.3, 0.4) is 0 Å². The summed E-state index contributed by atoms with van der Waals surface area (Å²) >= 11 is 3.37. The Labute approximate surface area is 166 Å². The van der Waals surface area contributed by atoms with E-state index >= 15 is 0 Å². The smallest absolute Gasteiger partial charge is 0.244 e. The topological polar surface area (TPSA) is 76.7 Å². The summed E-state index contributed by atoms with van der Waals surface area (Å²) in [5.41, 5.74) is 2.41. The number of benzene rings is 2. The van der Waals surface area contributed by atoms with Gasteiger partial charge in [-0.05, 0) is 54.5 Å². The van der Waals surface area contributed by atoms with Crippen molar-refractivity contribution in [3.8, 4) is 11.5 Å². The van der Waals surface area contributed by atoms with Crippen molar-refractivity contribution in [3.05, 3.63) is 58.1 Å². The molecule has 2 aromatic rings. The Morgan fingerprint density at radius 3 is 2.48 bits per heavy atom. The first kappa shape index (κ1) is 20.5. The highest BCUT2D eigenvalue weighted by Gasteiger charge is 2.07. The van der Waals surface area contributed by atoms with Crippen molar-refractivity contribution in [1.29, 1.82) is 0 Å². The minimum absolute atomic E-state index is 0.120. The van der Waals surface area contributed by atoms with Gasteiger partial charge in [-0.3, -0.25) is 9.59 Å². The minimum atomic E-state index is -0.368. The number of carbonyl (C=O) groups is 2. The zero-order valence-corrected chi connectivity index (χ0v) is 16.9. The maximum Gasteiger partial charge on any atom is 0.244 e. The van der Waals surface area contributed by atoms with Gasteiger partial charge in [0.1, 0.15) is 0 Å². The van der Waals surface area contributed by atoms with E-state index in [4.69, 9.17) is 9.47 Å². The fourth-order valence-corrected chi connectivity index (χ4v) is 2.79. The lowest BCUT2D eigenvalue weighted by Crippen LogP contribution is -2.31. The van der Waals surface area contributed by atoms with Gasteiger partial charge in [0.25, 0.3) is 0 Å². The molecule has 0 spiro atoms. The molecule has 0 aliphatic heterocycles. The lowest BCUT2D eigenvalue weighted by atomic mass is 10.2. The van der Waals surface area contributed by atoms with Gasteiger partial charge in [-0.25, -0.2) is 0 Å². The van der Waals surface area contributed by atoms with Gasteiger partial charge in [0.15, 0.2) is 11.5 Å². The molecule has 0 aromatic heterocycles. The van der Waals surface area contributed by atoms with Crippen molar-refractivity contribution in [1.82, 2.24) is 5.32 Å². The first-order valence-corrected chi connectivity index (χ1v) is 8.96. The summed E-state index contributed by atoms with van der Waals surface area (Å²) in [5, 5.41) is 5.32. The number of amides is 2. The number of methoxy groups -OCH3 is 2. The van der Waals surface area contributed by atoms with Gasteiger partial charge in [-0.15, -0.1) is 0 Å². The molecule has 6 nitrogen and oxygen atoms in total. The largest absolute Gasteiger partial charge is 0.493 e. The molecule has 0 atom stereocenters. The van der Waals surface area contributed by atoms with Gasteiger partial charge >= 0.3 is 0 Å². The van der Waals surface area contributed by atoms with E-state index in [1.54, 1.807) is 44.6 Å². The van der Waals surface area contributed by atoms with Crippen molar-refractivity contribution in [3.63, 3.8) is 0 Å². The first-order valence-electron chi connectivity index (χ1n) is 8.17. The monoisotopic (exact) mass is 432 g/mol. The van der Waals surface area contributed by atoms with Gasteiger partial charge in [0, 0.05) is 16.2 Å². The van der Waals surface area contributed by atoms with E-state index in [2.05, 4.69) is 26.6 Å². The molecular weight excluding hydrogens is 412 g/mol. The molecule has 2 aromatic carbocycles. The third-order valence-corrected chi connectivity index (χ3v) is 4.21. The highest BCUT2D eigenvalue weighted by atomic mass is 79.9. The van der Waals surface area contributed by atoms with E-state index in [1.807, 2.05) is 19.1 Å². The summed E-state index contributed by atoms with van der Waals surface area (Å²) in [4.78, 5) is 23.9. The first-order chi connectivity index (χ1) is 12.9. The predicted molar refractivity (Wildman–Crippen MR) is 109 cm³/mol. The normalized spacial score (nSPS) is 10.5. The van der Waals surface area contributed by atoms with Crippen molar-refractivity contribution < 1.29 is 19.1 Å². The van der Waals surface area contributed by atoms with Gasteiger partial charge < -0.3 is 20.1 Å². The number of halogens is 1. The Balaban J connectivity index is 1.88. The van der Waals surface area contributed by atoms with Crippen molar-refractivity contribution in [2.45, 2.75) is 6.92 Å². The molecule has 0 aliphatic carbocycles. The van der Waals surface area contributed by atoms with Crippen LogP contribution in [0, 0.1) is 6.92 Å². The molecule has 0 saturated carbocycles. The van der Waals surface area contributed by atoms with Gasteiger partial charge in [0.2, 0.25) is 11.8 Å².